The second-order valence-electron chi connectivity index (χ2n) is 4.00. The molecule has 7 nitrogen and oxygen atoms in total. The zero-order valence-electron chi connectivity index (χ0n) is 10.8. The first-order valence-electron chi connectivity index (χ1n) is 5.80. The van der Waals surface area contributed by atoms with E-state index in [0.29, 0.717) is 6.54 Å². The van der Waals surface area contributed by atoms with Crippen molar-refractivity contribution in [1.82, 2.24) is 5.32 Å². The first-order chi connectivity index (χ1) is 9.43. The van der Waals surface area contributed by atoms with Gasteiger partial charge in [-0.1, -0.05) is 6.08 Å². The molecular formula is C13H16N4O3. The molecule has 0 aromatic heterocycles. The maximum Gasteiger partial charge on any atom is 0.248 e. The molecular weight excluding hydrogens is 260 g/mol. The Hall–Kier alpha value is -2.67. The molecule has 0 unspecified atom stereocenters. The van der Waals surface area contributed by atoms with Crippen LogP contribution in [0, 0.1) is 0 Å². The van der Waals surface area contributed by atoms with Crippen molar-refractivity contribution < 1.29 is 14.4 Å². The molecule has 0 atom stereocenters. The van der Waals surface area contributed by atoms with Crippen LogP contribution in [-0.2, 0) is 4.79 Å². The van der Waals surface area contributed by atoms with Crippen molar-refractivity contribution in [3.05, 3.63) is 42.0 Å². The lowest BCUT2D eigenvalue weighted by Gasteiger charge is -2.08. The fourth-order valence-electron chi connectivity index (χ4n) is 1.48. The maximum atomic E-state index is 11.6. The summed E-state index contributed by atoms with van der Waals surface area (Å²) < 4.78 is 0. The maximum absolute atomic E-state index is 11.6. The van der Waals surface area contributed by atoms with Crippen molar-refractivity contribution in [2.45, 2.75) is 0 Å². The van der Waals surface area contributed by atoms with Gasteiger partial charge in [-0.05, 0) is 18.2 Å². The standard InChI is InChI=1S/C13H16N4O3/c1-2-3-16-7-11(18)17-10-5-8(12(14)19)4-9(6-10)13(15)20/h2,4-6,16H,1,3,7H2,(H2,14,19)(H2,15,20)(H,17,18). The topological polar surface area (TPSA) is 127 Å². The van der Waals surface area contributed by atoms with E-state index in [1.807, 2.05) is 0 Å². The Morgan fingerprint density at radius 1 is 1.10 bits per heavy atom. The number of benzene rings is 1. The molecule has 3 amide bonds. The van der Waals surface area contributed by atoms with Crippen LogP contribution >= 0.6 is 0 Å². The van der Waals surface area contributed by atoms with Gasteiger partial charge in [0, 0.05) is 23.4 Å². The molecule has 20 heavy (non-hydrogen) atoms. The Kier molecular flexibility index (Phi) is 5.42. The van der Waals surface area contributed by atoms with Gasteiger partial charge >= 0.3 is 0 Å². The summed E-state index contributed by atoms with van der Waals surface area (Å²) in [5.41, 5.74) is 10.8. The second kappa shape index (κ2) is 7.05. The van der Waals surface area contributed by atoms with E-state index in [1.165, 1.54) is 18.2 Å². The number of carbonyl (C=O) groups excluding carboxylic acids is 3. The van der Waals surface area contributed by atoms with Gasteiger partial charge in [0.05, 0.1) is 6.54 Å². The van der Waals surface area contributed by atoms with Crippen LogP contribution in [0.2, 0.25) is 0 Å². The minimum Gasteiger partial charge on any atom is -0.366 e. The number of hydrogen-bond donors (Lipinski definition) is 4. The summed E-state index contributed by atoms with van der Waals surface area (Å²) in [5.74, 6) is -1.76. The summed E-state index contributed by atoms with van der Waals surface area (Å²) in [6, 6.07) is 4.02. The number of carbonyl (C=O) groups is 3. The van der Waals surface area contributed by atoms with Crippen LogP contribution in [0.15, 0.2) is 30.9 Å². The summed E-state index contributed by atoms with van der Waals surface area (Å²) in [7, 11) is 0. The number of nitrogens with two attached hydrogens (primary N) is 2. The number of amides is 3. The van der Waals surface area contributed by atoms with Crippen LogP contribution in [-0.4, -0.2) is 30.8 Å². The van der Waals surface area contributed by atoms with Crippen molar-refractivity contribution in [3.8, 4) is 0 Å². The van der Waals surface area contributed by atoms with E-state index in [2.05, 4.69) is 17.2 Å². The molecule has 0 radical (unpaired) electrons. The number of hydrogen-bond acceptors (Lipinski definition) is 4. The van der Waals surface area contributed by atoms with Gasteiger partial charge in [0.25, 0.3) is 0 Å². The number of primary amides is 2. The SMILES string of the molecule is C=CCNCC(=O)Nc1cc(C(N)=O)cc(C(N)=O)c1. The smallest absolute Gasteiger partial charge is 0.248 e. The second-order valence-corrected chi connectivity index (χ2v) is 4.00. The van der Waals surface area contributed by atoms with Gasteiger partial charge in [0.15, 0.2) is 0 Å². The summed E-state index contributed by atoms with van der Waals surface area (Å²) in [6.45, 7) is 4.06. The molecule has 0 aliphatic rings. The highest BCUT2D eigenvalue weighted by molar-refractivity contribution is 6.01. The third kappa shape index (κ3) is 4.54. The minimum atomic E-state index is -0.714. The van der Waals surface area contributed by atoms with Crippen LogP contribution in [0.25, 0.3) is 0 Å². The fourth-order valence-corrected chi connectivity index (χ4v) is 1.48. The number of rotatable bonds is 7. The van der Waals surface area contributed by atoms with E-state index in [1.54, 1.807) is 6.08 Å². The Morgan fingerprint density at radius 2 is 1.65 bits per heavy atom. The van der Waals surface area contributed by atoms with E-state index in [4.69, 9.17) is 11.5 Å². The average Bonchev–Trinajstić information content (AvgIpc) is 2.38. The minimum absolute atomic E-state index is 0.0682. The first kappa shape index (κ1) is 15.4. The zero-order chi connectivity index (χ0) is 15.1. The van der Waals surface area contributed by atoms with Crippen LogP contribution in [0.4, 0.5) is 5.69 Å². The molecule has 0 heterocycles. The van der Waals surface area contributed by atoms with Crippen LogP contribution in [0.3, 0.4) is 0 Å². The zero-order valence-corrected chi connectivity index (χ0v) is 10.8. The van der Waals surface area contributed by atoms with E-state index >= 15 is 0 Å². The molecule has 6 N–H and O–H groups in total. The van der Waals surface area contributed by atoms with Gasteiger partial charge < -0.3 is 22.1 Å². The van der Waals surface area contributed by atoms with Crippen molar-refractivity contribution in [2.75, 3.05) is 18.4 Å². The number of anilines is 1. The lowest BCUT2D eigenvalue weighted by atomic mass is 10.1. The predicted octanol–water partition coefficient (Wildman–Crippen LogP) is -0.401. The van der Waals surface area contributed by atoms with Gasteiger partial charge in [0.2, 0.25) is 17.7 Å². The Bertz CT molecular complexity index is 522. The molecule has 0 fully saturated rings. The monoisotopic (exact) mass is 276 g/mol. The third-order valence-corrected chi connectivity index (χ3v) is 2.36. The van der Waals surface area contributed by atoms with Gasteiger partial charge in [-0.3, -0.25) is 14.4 Å². The molecule has 7 heteroatoms. The Morgan fingerprint density at radius 3 is 2.10 bits per heavy atom. The summed E-state index contributed by atoms with van der Waals surface area (Å²) in [6.07, 6.45) is 1.62. The van der Waals surface area contributed by atoms with E-state index in [0.717, 1.165) is 0 Å². The molecule has 0 aliphatic heterocycles. The number of nitrogens with one attached hydrogen (secondary N) is 2. The lowest BCUT2D eigenvalue weighted by Crippen LogP contribution is -2.28. The van der Waals surface area contributed by atoms with Crippen molar-refractivity contribution >= 4 is 23.4 Å². The molecule has 106 valence electrons. The van der Waals surface area contributed by atoms with E-state index < -0.39 is 11.8 Å². The van der Waals surface area contributed by atoms with Crippen LogP contribution in [0.5, 0.6) is 0 Å². The predicted molar refractivity (Wildman–Crippen MR) is 75.2 cm³/mol. The molecule has 0 saturated carbocycles. The normalized spacial score (nSPS) is 9.80. The molecule has 1 rings (SSSR count). The third-order valence-electron chi connectivity index (χ3n) is 2.36. The van der Waals surface area contributed by atoms with E-state index in [-0.39, 0.29) is 29.3 Å². The Balaban J connectivity index is 2.88. The quantitative estimate of drug-likeness (QED) is 0.399. The van der Waals surface area contributed by atoms with Gasteiger partial charge in [0.1, 0.15) is 0 Å². The summed E-state index contributed by atoms with van der Waals surface area (Å²) in [5, 5.41) is 5.36. The molecule has 0 aliphatic carbocycles. The molecule has 0 saturated heterocycles. The fraction of sp³-hybridized carbons (Fsp3) is 0.154. The van der Waals surface area contributed by atoms with Gasteiger partial charge in [-0.25, -0.2) is 0 Å². The van der Waals surface area contributed by atoms with Crippen LogP contribution < -0.4 is 22.1 Å². The largest absolute Gasteiger partial charge is 0.366 e. The highest BCUT2D eigenvalue weighted by Gasteiger charge is 2.10. The van der Waals surface area contributed by atoms with E-state index in [9.17, 15) is 14.4 Å². The van der Waals surface area contributed by atoms with Crippen LogP contribution in [0.1, 0.15) is 20.7 Å². The van der Waals surface area contributed by atoms with Gasteiger partial charge in [-0.2, -0.15) is 0 Å². The summed E-state index contributed by atoms with van der Waals surface area (Å²) in [4.78, 5) is 33.9. The lowest BCUT2D eigenvalue weighted by molar-refractivity contribution is -0.115. The molecule has 0 bridgehead atoms. The molecule has 1 aromatic carbocycles. The van der Waals surface area contributed by atoms with Gasteiger partial charge in [-0.15, -0.1) is 6.58 Å². The van der Waals surface area contributed by atoms with Crippen molar-refractivity contribution in [2.24, 2.45) is 11.5 Å². The molecule has 1 aromatic rings. The van der Waals surface area contributed by atoms with Crippen molar-refractivity contribution in [1.29, 1.82) is 0 Å². The first-order valence-corrected chi connectivity index (χ1v) is 5.80. The average molecular weight is 276 g/mol. The molecule has 0 spiro atoms. The summed E-state index contributed by atoms with van der Waals surface area (Å²) >= 11 is 0. The van der Waals surface area contributed by atoms with Crippen molar-refractivity contribution in [3.63, 3.8) is 0 Å². The highest BCUT2D eigenvalue weighted by atomic mass is 16.2. The Labute approximate surface area is 116 Å². The highest BCUT2D eigenvalue weighted by Crippen LogP contribution is 2.14.